The van der Waals surface area contributed by atoms with Crippen molar-refractivity contribution in [3.63, 3.8) is 0 Å². The Labute approximate surface area is 156 Å². The summed E-state index contributed by atoms with van der Waals surface area (Å²) in [5, 5.41) is 6.95. The molecule has 0 fully saturated rings. The molecule has 1 atom stereocenters. The topological polar surface area (TPSA) is 77.2 Å². The van der Waals surface area contributed by atoms with E-state index in [9.17, 15) is 4.79 Å². The zero-order valence-electron chi connectivity index (χ0n) is 14.4. The third-order valence-electron chi connectivity index (χ3n) is 3.77. The highest BCUT2D eigenvalue weighted by Crippen LogP contribution is 2.21. The highest BCUT2D eigenvalue weighted by molar-refractivity contribution is 6.30. The lowest BCUT2D eigenvalue weighted by atomic mass is 10.2. The van der Waals surface area contributed by atoms with E-state index in [2.05, 4.69) is 22.4 Å². The van der Waals surface area contributed by atoms with Crippen molar-refractivity contribution in [3.05, 3.63) is 59.1 Å². The van der Waals surface area contributed by atoms with Crippen molar-refractivity contribution in [1.82, 2.24) is 10.1 Å². The molecule has 0 aliphatic rings. The summed E-state index contributed by atoms with van der Waals surface area (Å²) in [7, 11) is 0. The lowest BCUT2D eigenvalue weighted by Gasteiger charge is -2.13. The van der Waals surface area contributed by atoms with Gasteiger partial charge in [-0.25, -0.2) is 0 Å². The van der Waals surface area contributed by atoms with Crippen LogP contribution < -0.4 is 10.1 Å². The molecule has 1 aromatic heterocycles. The van der Waals surface area contributed by atoms with E-state index >= 15 is 0 Å². The number of rotatable bonds is 6. The van der Waals surface area contributed by atoms with Crippen LogP contribution in [0.25, 0.3) is 11.5 Å². The number of hydrogen-bond acceptors (Lipinski definition) is 5. The fourth-order valence-electron chi connectivity index (χ4n) is 2.26. The number of nitrogens with one attached hydrogen (secondary N) is 1. The first-order valence-electron chi connectivity index (χ1n) is 8.21. The minimum absolute atomic E-state index is 0.0803. The SMILES string of the molecule is CCc1ccc(O[C@@H](C)C(=O)Nc2noc(-c3ccc(Cl)cc3)n2)cc1. The number of ether oxygens (including phenoxy) is 1. The molecule has 0 bridgehead atoms. The van der Waals surface area contributed by atoms with Gasteiger partial charge in [0, 0.05) is 10.6 Å². The van der Waals surface area contributed by atoms with Crippen LogP contribution in [0.2, 0.25) is 5.02 Å². The maximum absolute atomic E-state index is 12.3. The van der Waals surface area contributed by atoms with Crippen LogP contribution in [0.1, 0.15) is 19.4 Å². The number of carbonyl (C=O) groups excluding carboxylic acids is 1. The smallest absolute Gasteiger partial charge is 0.270 e. The summed E-state index contributed by atoms with van der Waals surface area (Å²) < 4.78 is 10.8. The summed E-state index contributed by atoms with van der Waals surface area (Å²) in [4.78, 5) is 16.4. The average Bonchev–Trinajstić information content (AvgIpc) is 3.11. The summed E-state index contributed by atoms with van der Waals surface area (Å²) in [5.41, 5.74) is 1.92. The number of anilines is 1. The molecule has 0 saturated heterocycles. The van der Waals surface area contributed by atoms with Gasteiger partial charge >= 0.3 is 0 Å². The third kappa shape index (κ3) is 4.40. The van der Waals surface area contributed by atoms with Crippen LogP contribution in [0.4, 0.5) is 5.95 Å². The van der Waals surface area contributed by atoms with Gasteiger partial charge in [0.05, 0.1) is 0 Å². The van der Waals surface area contributed by atoms with Crippen LogP contribution in [0.15, 0.2) is 53.1 Å². The highest BCUT2D eigenvalue weighted by Gasteiger charge is 2.18. The Morgan fingerprint density at radius 3 is 2.54 bits per heavy atom. The molecule has 6 nitrogen and oxygen atoms in total. The van der Waals surface area contributed by atoms with Crippen molar-refractivity contribution in [1.29, 1.82) is 0 Å². The number of hydrogen-bond donors (Lipinski definition) is 1. The van der Waals surface area contributed by atoms with Gasteiger partial charge in [0.1, 0.15) is 5.75 Å². The van der Waals surface area contributed by atoms with Crippen LogP contribution in [0.3, 0.4) is 0 Å². The van der Waals surface area contributed by atoms with E-state index in [1.807, 2.05) is 24.3 Å². The minimum atomic E-state index is -0.708. The maximum atomic E-state index is 12.3. The highest BCUT2D eigenvalue weighted by atomic mass is 35.5. The predicted molar refractivity (Wildman–Crippen MR) is 99.3 cm³/mol. The monoisotopic (exact) mass is 371 g/mol. The van der Waals surface area contributed by atoms with E-state index in [-0.39, 0.29) is 11.9 Å². The molecule has 134 valence electrons. The number of aromatic nitrogens is 2. The number of halogens is 1. The van der Waals surface area contributed by atoms with Crippen LogP contribution in [-0.4, -0.2) is 22.2 Å². The van der Waals surface area contributed by atoms with E-state index in [1.54, 1.807) is 31.2 Å². The molecule has 1 N–H and O–H groups in total. The summed E-state index contributed by atoms with van der Waals surface area (Å²) in [6.45, 7) is 3.73. The normalized spacial score (nSPS) is 11.8. The zero-order valence-corrected chi connectivity index (χ0v) is 15.2. The lowest BCUT2D eigenvalue weighted by molar-refractivity contribution is -0.122. The Morgan fingerprint density at radius 1 is 1.19 bits per heavy atom. The molecule has 0 aliphatic carbocycles. The Hall–Kier alpha value is -2.86. The van der Waals surface area contributed by atoms with Crippen LogP contribution in [-0.2, 0) is 11.2 Å². The lowest BCUT2D eigenvalue weighted by Crippen LogP contribution is -2.30. The summed E-state index contributed by atoms with van der Waals surface area (Å²) in [5.74, 6) is 0.630. The quantitative estimate of drug-likeness (QED) is 0.696. The molecule has 0 unspecified atom stereocenters. The maximum Gasteiger partial charge on any atom is 0.270 e. The largest absolute Gasteiger partial charge is 0.481 e. The van der Waals surface area contributed by atoms with Gasteiger partial charge in [-0.3, -0.25) is 10.1 Å². The molecule has 7 heteroatoms. The summed E-state index contributed by atoms with van der Waals surface area (Å²) in [6.07, 6.45) is 0.240. The van der Waals surface area contributed by atoms with Crippen molar-refractivity contribution in [2.45, 2.75) is 26.4 Å². The Kier molecular flexibility index (Phi) is 5.53. The molecule has 3 rings (SSSR count). The molecule has 1 amide bonds. The van der Waals surface area contributed by atoms with Crippen LogP contribution in [0.5, 0.6) is 5.75 Å². The van der Waals surface area contributed by atoms with Gasteiger partial charge in [-0.05, 0) is 60.5 Å². The van der Waals surface area contributed by atoms with E-state index in [1.165, 1.54) is 5.56 Å². The van der Waals surface area contributed by atoms with E-state index in [4.69, 9.17) is 20.9 Å². The second kappa shape index (κ2) is 8.01. The third-order valence-corrected chi connectivity index (χ3v) is 4.02. The van der Waals surface area contributed by atoms with Gasteiger partial charge in [0.15, 0.2) is 6.10 Å². The standard InChI is InChI=1S/C19H18ClN3O3/c1-3-13-4-10-16(11-5-13)25-12(2)17(24)21-19-22-18(26-23-19)14-6-8-15(20)9-7-14/h4-12H,3H2,1-2H3,(H,21,23,24)/t12-/m0/s1. The first-order chi connectivity index (χ1) is 12.5. The van der Waals surface area contributed by atoms with Gasteiger partial charge in [0.2, 0.25) is 0 Å². The number of benzene rings is 2. The first kappa shape index (κ1) is 17.9. The van der Waals surface area contributed by atoms with Crippen molar-refractivity contribution >= 4 is 23.5 Å². The minimum Gasteiger partial charge on any atom is -0.481 e. The number of nitrogens with zero attached hydrogens (tertiary/aromatic N) is 2. The van der Waals surface area contributed by atoms with Gasteiger partial charge < -0.3 is 9.26 Å². The second-order valence-electron chi connectivity index (χ2n) is 5.68. The molecule has 3 aromatic rings. The Bertz CT molecular complexity index is 876. The molecular formula is C19H18ClN3O3. The van der Waals surface area contributed by atoms with E-state index < -0.39 is 6.10 Å². The summed E-state index contributed by atoms with van der Waals surface area (Å²) >= 11 is 5.85. The number of carbonyl (C=O) groups is 1. The predicted octanol–water partition coefficient (Wildman–Crippen LogP) is 4.36. The number of aryl methyl sites for hydroxylation is 1. The van der Waals surface area contributed by atoms with Gasteiger partial charge in [-0.2, -0.15) is 4.98 Å². The second-order valence-corrected chi connectivity index (χ2v) is 6.11. The molecule has 2 aromatic carbocycles. The van der Waals surface area contributed by atoms with Crippen molar-refractivity contribution in [3.8, 4) is 17.2 Å². The molecule has 0 saturated carbocycles. The summed E-state index contributed by atoms with van der Waals surface area (Å²) in [6, 6.07) is 14.6. The fourth-order valence-corrected chi connectivity index (χ4v) is 2.38. The van der Waals surface area contributed by atoms with Crippen molar-refractivity contribution in [2.24, 2.45) is 0 Å². The Morgan fingerprint density at radius 2 is 1.88 bits per heavy atom. The molecule has 0 spiro atoms. The molecule has 1 heterocycles. The van der Waals surface area contributed by atoms with E-state index in [0.29, 0.717) is 22.2 Å². The molecular weight excluding hydrogens is 354 g/mol. The van der Waals surface area contributed by atoms with Crippen molar-refractivity contribution in [2.75, 3.05) is 5.32 Å². The first-order valence-corrected chi connectivity index (χ1v) is 8.59. The Balaban J connectivity index is 1.61. The molecule has 0 radical (unpaired) electrons. The van der Waals surface area contributed by atoms with Crippen LogP contribution >= 0.6 is 11.6 Å². The van der Waals surface area contributed by atoms with E-state index in [0.717, 1.165) is 6.42 Å². The molecule has 0 aliphatic heterocycles. The van der Waals surface area contributed by atoms with Gasteiger partial charge in [-0.15, -0.1) is 0 Å². The number of amides is 1. The van der Waals surface area contributed by atoms with Gasteiger partial charge in [0.25, 0.3) is 17.7 Å². The average molecular weight is 372 g/mol. The van der Waals surface area contributed by atoms with Crippen molar-refractivity contribution < 1.29 is 14.1 Å². The molecule has 26 heavy (non-hydrogen) atoms. The van der Waals surface area contributed by atoms with Crippen LogP contribution in [0, 0.1) is 0 Å². The van der Waals surface area contributed by atoms with Gasteiger partial charge in [-0.1, -0.05) is 30.7 Å². The fraction of sp³-hybridized carbons (Fsp3) is 0.211. The zero-order chi connectivity index (χ0) is 18.5.